The molecule has 0 aliphatic heterocycles. The van der Waals surface area contributed by atoms with E-state index in [1.54, 1.807) is 0 Å². The molecule has 5 nitrogen and oxygen atoms in total. The van der Waals surface area contributed by atoms with E-state index in [1.165, 1.54) is 13.0 Å². The number of aryl methyl sites for hydroxylation is 1. The highest BCUT2D eigenvalue weighted by molar-refractivity contribution is 6.12. The van der Waals surface area contributed by atoms with Gasteiger partial charge in [-0.15, -0.1) is 0 Å². The molecule has 0 unspecified atom stereocenters. The zero-order valence-corrected chi connectivity index (χ0v) is 14.9. The average Bonchev–Trinajstić information content (AvgIpc) is 3.01. The van der Waals surface area contributed by atoms with Crippen molar-refractivity contribution in [3.63, 3.8) is 0 Å². The Kier molecular flexibility index (Phi) is 5.30. The van der Waals surface area contributed by atoms with Crippen molar-refractivity contribution in [2.45, 2.75) is 33.6 Å². The predicted molar refractivity (Wildman–Crippen MR) is 102 cm³/mol. The highest BCUT2D eigenvalue weighted by Crippen LogP contribution is 2.31. The summed E-state index contributed by atoms with van der Waals surface area (Å²) >= 11 is 0. The number of pyridine rings is 2. The van der Waals surface area contributed by atoms with E-state index in [0.29, 0.717) is 0 Å². The first-order valence-corrected chi connectivity index (χ1v) is 8.91. The molecule has 0 spiro atoms. The van der Waals surface area contributed by atoms with Crippen molar-refractivity contribution in [1.29, 1.82) is 0 Å². The maximum Gasteiger partial charge on any atom is 0.136 e. The van der Waals surface area contributed by atoms with Crippen LogP contribution in [-0.4, -0.2) is 46.0 Å². The second-order valence-corrected chi connectivity index (χ2v) is 6.25. The van der Waals surface area contributed by atoms with Crippen molar-refractivity contribution < 1.29 is 0 Å². The Morgan fingerprint density at radius 1 is 1.17 bits per heavy atom. The average molecular weight is 325 g/mol. The van der Waals surface area contributed by atoms with E-state index in [0.717, 1.165) is 59.2 Å². The zero-order chi connectivity index (χ0) is 16.9. The molecule has 0 atom stereocenters. The number of anilines is 1. The number of hydrogen-bond acceptors (Lipinski definition) is 4. The fraction of sp³-hybridized carbons (Fsp3) is 0.474. The van der Waals surface area contributed by atoms with Crippen LogP contribution >= 0.6 is 0 Å². The summed E-state index contributed by atoms with van der Waals surface area (Å²) in [6, 6.07) is 2.02. The number of nitrogens with zero attached hydrogens (tertiary/aromatic N) is 3. The summed E-state index contributed by atoms with van der Waals surface area (Å²) < 4.78 is 0. The quantitative estimate of drug-likeness (QED) is 0.616. The summed E-state index contributed by atoms with van der Waals surface area (Å²) in [6.07, 6.45) is 8.03. The van der Waals surface area contributed by atoms with Gasteiger partial charge in [-0.1, -0.05) is 13.8 Å². The monoisotopic (exact) mass is 325 g/mol. The van der Waals surface area contributed by atoms with Gasteiger partial charge in [0.05, 0.1) is 10.9 Å². The molecule has 0 aliphatic rings. The molecule has 0 saturated carbocycles. The van der Waals surface area contributed by atoms with Crippen LogP contribution in [0.4, 0.5) is 5.82 Å². The Bertz CT molecular complexity index is 804. The van der Waals surface area contributed by atoms with E-state index in [2.05, 4.69) is 45.9 Å². The third kappa shape index (κ3) is 3.36. The minimum absolute atomic E-state index is 0.944. The molecule has 0 fully saturated rings. The van der Waals surface area contributed by atoms with Gasteiger partial charge >= 0.3 is 0 Å². The van der Waals surface area contributed by atoms with E-state index >= 15 is 0 Å². The Morgan fingerprint density at radius 2 is 2.00 bits per heavy atom. The highest BCUT2D eigenvalue weighted by atomic mass is 15.1. The standard InChI is InChI=1S/C19H27N5/c1-4-24(5-2)11-7-6-9-21-19-17-15-13-20-10-8-16(15)23-18(17)14(3)12-22-19/h8,10,12-13,23H,4-7,9,11H2,1-3H3,(H,21,22). The Balaban J connectivity index is 1.72. The lowest BCUT2D eigenvalue weighted by Gasteiger charge is -2.17. The third-order valence-electron chi connectivity index (χ3n) is 4.71. The van der Waals surface area contributed by atoms with Gasteiger partial charge in [0, 0.05) is 36.0 Å². The van der Waals surface area contributed by atoms with Crippen molar-refractivity contribution in [2.75, 3.05) is 31.5 Å². The van der Waals surface area contributed by atoms with Gasteiger partial charge in [0.2, 0.25) is 0 Å². The summed E-state index contributed by atoms with van der Waals surface area (Å²) in [5.74, 6) is 0.956. The van der Waals surface area contributed by atoms with Gasteiger partial charge in [0.15, 0.2) is 0 Å². The van der Waals surface area contributed by atoms with Crippen LogP contribution in [0.3, 0.4) is 0 Å². The largest absolute Gasteiger partial charge is 0.369 e. The van der Waals surface area contributed by atoms with E-state index in [1.807, 2.05) is 24.7 Å². The Hall–Kier alpha value is -2.14. The van der Waals surface area contributed by atoms with Crippen molar-refractivity contribution >= 4 is 27.6 Å². The Labute approximate surface area is 143 Å². The lowest BCUT2D eigenvalue weighted by atomic mass is 10.1. The van der Waals surface area contributed by atoms with E-state index in [9.17, 15) is 0 Å². The molecule has 3 aromatic heterocycles. The smallest absolute Gasteiger partial charge is 0.136 e. The number of fused-ring (bicyclic) bond motifs is 3. The van der Waals surface area contributed by atoms with Gasteiger partial charge < -0.3 is 15.2 Å². The SMILES string of the molecule is CCN(CC)CCCCNc1ncc(C)c2[nH]c3ccncc3c12. The first kappa shape index (κ1) is 16.7. The lowest BCUT2D eigenvalue weighted by molar-refractivity contribution is 0.298. The number of aromatic amines is 1. The summed E-state index contributed by atoms with van der Waals surface area (Å²) in [7, 11) is 0. The van der Waals surface area contributed by atoms with Gasteiger partial charge in [-0.05, 0) is 51.0 Å². The highest BCUT2D eigenvalue weighted by Gasteiger charge is 2.12. The lowest BCUT2D eigenvalue weighted by Crippen LogP contribution is -2.24. The van der Waals surface area contributed by atoms with Crippen LogP contribution in [0.15, 0.2) is 24.7 Å². The molecule has 0 aliphatic carbocycles. The second kappa shape index (κ2) is 7.62. The molecule has 0 bridgehead atoms. The van der Waals surface area contributed by atoms with Crippen LogP contribution in [-0.2, 0) is 0 Å². The van der Waals surface area contributed by atoms with Crippen LogP contribution in [0.2, 0.25) is 0 Å². The zero-order valence-electron chi connectivity index (χ0n) is 14.9. The molecular formula is C19H27N5. The van der Waals surface area contributed by atoms with E-state index in [-0.39, 0.29) is 0 Å². The number of aromatic nitrogens is 3. The van der Waals surface area contributed by atoms with Crippen LogP contribution in [0.1, 0.15) is 32.3 Å². The maximum absolute atomic E-state index is 4.62. The fourth-order valence-corrected chi connectivity index (χ4v) is 3.21. The molecule has 0 saturated heterocycles. The van der Waals surface area contributed by atoms with Crippen LogP contribution in [0.25, 0.3) is 21.8 Å². The summed E-state index contributed by atoms with van der Waals surface area (Å²) in [5, 5.41) is 5.81. The van der Waals surface area contributed by atoms with Crippen molar-refractivity contribution in [1.82, 2.24) is 19.9 Å². The second-order valence-electron chi connectivity index (χ2n) is 6.25. The molecule has 2 N–H and O–H groups in total. The van der Waals surface area contributed by atoms with Crippen LogP contribution in [0, 0.1) is 6.92 Å². The van der Waals surface area contributed by atoms with Crippen LogP contribution in [0.5, 0.6) is 0 Å². The molecule has 0 radical (unpaired) electrons. The molecule has 3 rings (SSSR count). The topological polar surface area (TPSA) is 56.8 Å². The first-order chi connectivity index (χ1) is 11.7. The first-order valence-electron chi connectivity index (χ1n) is 8.91. The molecule has 0 amide bonds. The van der Waals surface area contributed by atoms with E-state index < -0.39 is 0 Å². The molecule has 3 aromatic rings. The van der Waals surface area contributed by atoms with Gasteiger partial charge in [-0.3, -0.25) is 4.98 Å². The van der Waals surface area contributed by atoms with Crippen molar-refractivity contribution in [2.24, 2.45) is 0 Å². The number of unbranched alkanes of at least 4 members (excludes halogenated alkanes) is 1. The summed E-state index contributed by atoms with van der Waals surface area (Å²) in [4.78, 5) is 14.9. The molecular weight excluding hydrogens is 298 g/mol. The summed E-state index contributed by atoms with van der Waals surface area (Å²) in [6.45, 7) is 10.9. The van der Waals surface area contributed by atoms with Crippen molar-refractivity contribution in [3.05, 3.63) is 30.2 Å². The minimum atomic E-state index is 0.944. The van der Waals surface area contributed by atoms with Gasteiger partial charge in [0.25, 0.3) is 0 Å². The Morgan fingerprint density at radius 3 is 2.79 bits per heavy atom. The molecule has 0 aromatic carbocycles. The number of hydrogen-bond donors (Lipinski definition) is 2. The molecule has 128 valence electrons. The molecule has 5 heteroatoms. The maximum atomic E-state index is 4.62. The summed E-state index contributed by atoms with van der Waals surface area (Å²) in [5.41, 5.74) is 3.42. The third-order valence-corrected chi connectivity index (χ3v) is 4.71. The number of H-pyrrole nitrogens is 1. The van der Waals surface area contributed by atoms with Gasteiger partial charge in [0.1, 0.15) is 5.82 Å². The van der Waals surface area contributed by atoms with Crippen LogP contribution < -0.4 is 5.32 Å². The number of rotatable bonds is 8. The minimum Gasteiger partial charge on any atom is -0.369 e. The normalized spacial score (nSPS) is 11.7. The van der Waals surface area contributed by atoms with Gasteiger partial charge in [-0.25, -0.2) is 4.98 Å². The molecule has 3 heterocycles. The van der Waals surface area contributed by atoms with Crippen molar-refractivity contribution in [3.8, 4) is 0 Å². The predicted octanol–water partition coefficient (Wildman–Crippen LogP) is 3.95. The number of nitrogens with one attached hydrogen (secondary N) is 2. The fourth-order valence-electron chi connectivity index (χ4n) is 3.21. The van der Waals surface area contributed by atoms with E-state index in [4.69, 9.17) is 0 Å². The molecule has 24 heavy (non-hydrogen) atoms. The van der Waals surface area contributed by atoms with Gasteiger partial charge in [-0.2, -0.15) is 0 Å².